The summed E-state index contributed by atoms with van der Waals surface area (Å²) in [4.78, 5) is 20.0. The Morgan fingerprint density at radius 2 is 1.97 bits per heavy atom. The van der Waals surface area contributed by atoms with E-state index in [1.165, 1.54) is 5.56 Å². The van der Waals surface area contributed by atoms with Crippen molar-refractivity contribution in [1.29, 1.82) is 0 Å². The molecular weight excluding hydrogens is 418 g/mol. The van der Waals surface area contributed by atoms with Crippen molar-refractivity contribution in [3.05, 3.63) is 71.5 Å². The summed E-state index contributed by atoms with van der Waals surface area (Å²) in [7, 11) is 1.65. The van der Waals surface area contributed by atoms with Gasteiger partial charge in [-0.25, -0.2) is 9.97 Å². The van der Waals surface area contributed by atoms with Gasteiger partial charge in [0.15, 0.2) is 5.82 Å². The maximum atomic E-state index is 11.0. The van der Waals surface area contributed by atoms with Crippen LogP contribution < -0.4 is 14.8 Å². The summed E-state index contributed by atoms with van der Waals surface area (Å²) in [5.41, 5.74) is 4.26. The molecule has 0 unspecified atom stereocenters. The molecule has 0 bridgehead atoms. The SMILES string of the molecule is COc1ccc(-c2nccc(CNCCCOc3ccc4c(c3)CC[C@H]4CC(=O)O)n2)cc1. The summed E-state index contributed by atoms with van der Waals surface area (Å²) in [5, 5.41) is 12.5. The number of methoxy groups -OCH3 is 1. The Kier molecular flexibility index (Phi) is 7.52. The van der Waals surface area contributed by atoms with E-state index in [1.807, 2.05) is 42.5 Å². The zero-order chi connectivity index (χ0) is 23.0. The van der Waals surface area contributed by atoms with Crippen molar-refractivity contribution < 1.29 is 19.4 Å². The molecule has 0 amide bonds. The zero-order valence-electron chi connectivity index (χ0n) is 18.8. The average Bonchev–Trinajstić information content (AvgIpc) is 3.23. The number of hydrogen-bond donors (Lipinski definition) is 2. The van der Waals surface area contributed by atoms with Gasteiger partial charge in [0.05, 0.1) is 25.8 Å². The summed E-state index contributed by atoms with van der Waals surface area (Å²) in [6.07, 6.45) is 4.67. The maximum Gasteiger partial charge on any atom is 0.303 e. The van der Waals surface area contributed by atoms with Crippen LogP contribution in [0, 0.1) is 0 Å². The van der Waals surface area contributed by atoms with Gasteiger partial charge in [-0.3, -0.25) is 4.79 Å². The van der Waals surface area contributed by atoms with E-state index in [1.54, 1.807) is 13.3 Å². The number of aromatic nitrogens is 2. The number of carboxylic acids is 1. The van der Waals surface area contributed by atoms with Gasteiger partial charge in [-0.1, -0.05) is 6.07 Å². The standard InChI is InChI=1S/C26H29N3O4/c1-32-22-7-5-18(6-8-22)26-28-13-11-21(29-26)17-27-12-2-14-33-23-9-10-24-19(15-23)3-4-20(24)16-25(30)31/h5-11,13,15,20,27H,2-4,12,14,16-17H2,1H3,(H,30,31)/t20-/m0/s1. The predicted molar refractivity (Wildman–Crippen MR) is 126 cm³/mol. The summed E-state index contributed by atoms with van der Waals surface area (Å²) in [6, 6.07) is 15.7. The summed E-state index contributed by atoms with van der Waals surface area (Å²) in [5.74, 6) is 1.75. The molecule has 0 saturated heterocycles. The third-order valence-electron chi connectivity index (χ3n) is 5.87. The van der Waals surface area contributed by atoms with E-state index in [0.29, 0.717) is 19.0 Å². The molecule has 33 heavy (non-hydrogen) atoms. The van der Waals surface area contributed by atoms with Crippen molar-refractivity contribution in [2.24, 2.45) is 0 Å². The van der Waals surface area contributed by atoms with Crippen LogP contribution in [0.1, 0.15) is 42.0 Å². The fourth-order valence-electron chi connectivity index (χ4n) is 4.17. The van der Waals surface area contributed by atoms with Gasteiger partial charge in [0, 0.05) is 18.3 Å². The first-order chi connectivity index (χ1) is 16.1. The normalized spacial score (nSPS) is 14.6. The van der Waals surface area contributed by atoms with E-state index < -0.39 is 5.97 Å². The molecule has 4 rings (SSSR count). The van der Waals surface area contributed by atoms with Crippen LogP contribution in [0.2, 0.25) is 0 Å². The Bertz CT molecular complexity index is 1090. The molecule has 0 fully saturated rings. The maximum absolute atomic E-state index is 11.0. The molecule has 7 nitrogen and oxygen atoms in total. The smallest absolute Gasteiger partial charge is 0.303 e. The van der Waals surface area contributed by atoms with Gasteiger partial charge >= 0.3 is 5.97 Å². The van der Waals surface area contributed by atoms with Crippen LogP contribution in [0.5, 0.6) is 11.5 Å². The van der Waals surface area contributed by atoms with E-state index in [2.05, 4.69) is 21.4 Å². The van der Waals surface area contributed by atoms with Gasteiger partial charge in [-0.05, 0) is 85.3 Å². The Balaban J connectivity index is 1.19. The third-order valence-corrected chi connectivity index (χ3v) is 5.87. The minimum Gasteiger partial charge on any atom is -0.497 e. The number of ether oxygens (including phenoxy) is 2. The molecule has 172 valence electrons. The second-order valence-electron chi connectivity index (χ2n) is 8.17. The van der Waals surface area contributed by atoms with Crippen LogP contribution in [0.25, 0.3) is 11.4 Å². The fraction of sp³-hybridized carbons (Fsp3) is 0.346. The van der Waals surface area contributed by atoms with Crippen LogP contribution in [0.4, 0.5) is 0 Å². The van der Waals surface area contributed by atoms with E-state index in [4.69, 9.17) is 14.6 Å². The second kappa shape index (κ2) is 10.9. The molecule has 0 saturated carbocycles. The lowest BCUT2D eigenvalue weighted by Gasteiger charge is -2.11. The first kappa shape index (κ1) is 22.7. The van der Waals surface area contributed by atoms with Crippen LogP contribution in [-0.4, -0.2) is 41.3 Å². The Hall–Kier alpha value is -3.45. The highest BCUT2D eigenvalue weighted by Gasteiger charge is 2.24. The number of rotatable bonds is 11. The molecular formula is C26H29N3O4. The lowest BCUT2D eigenvalue weighted by Crippen LogP contribution is -2.18. The highest BCUT2D eigenvalue weighted by molar-refractivity contribution is 5.68. The highest BCUT2D eigenvalue weighted by Crippen LogP contribution is 2.37. The quantitative estimate of drug-likeness (QED) is 0.425. The number of aliphatic carboxylic acids is 1. The predicted octanol–water partition coefficient (Wildman–Crippen LogP) is 4.22. The molecule has 1 aliphatic rings. The number of fused-ring (bicyclic) bond motifs is 1. The first-order valence-corrected chi connectivity index (χ1v) is 11.3. The largest absolute Gasteiger partial charge is 0.497 e. The monoisotopic (exact) mass is 447 g/mol. The van der Waals surface area contributed by atoms with Crippen molar-refractivity contribution >= 4 is 5.97 Å². The van der Waals surface area contributed by atoms with E-state index in [-0.39, 0.29) is 12.3 Å². The van der Waals surface area contributed by atoms with Crippen LogP contribution in [0.15, 0.2) is 54.7 Å². The molecule has 2 N–H and O–H groups in total. The highest BCUT2D eigenvalue weighted by atomic mass is 16.5. The van der Waals surface area contributed by atoms with Crippen molar-refractivity contribution in [2.45, 2.75) is 38.1 Å². The topological polar surface area (TPSA) is 93.6 Å². The average molecular weight is 448 g/mol. The molecule has 1 aliphatic carbocycles. The molecule has 7 heteroatoms. The second-order valence-corrected chi connectivity index (χ2v) is 8.17. The fourth-order valence-corrected chi connectivity index (χ4v) is 4.17. The number of nitrogens with one attached hydrogen (secondary N) is 1. The molecule has 2 aromatic carbocycles. The van der Waals surface area contributed by atoms with Gasteiger partial charge < -0.3 is 19.9 Å². The van der Waals surface area contributed by atoms with Crippen molar-refractivity contribution in [3.8, 4) is 22.9 Å². The molecule has 1 heterocycles. The van der Waals surface area contributed by atoms with Crippen molar-refractivity contribution in [3.63, 3.8) is 0 Å². The van der Waals surface area contributed by atoms with Gasteiger partial charge in [0.2, 0.25) is 0 Å². The first-order valence-electron chi connectivity index (χ1n) is 11.3. The molecule has 0 spiro atoms. The molecule has 1 atom stereocenters. The van der Waals surface area contributed by atoms with Crippen LogP contribution in [0.3, 0.4) is 0 Å². The zero-order valence-corrected chi connectivity index (χ0v) is 18.8. The number of carboxylic acid groups (broad SMARTS) is 1. The van der Waals surface area contributed by atoms with Crippen molar-refractivity contribution in [2.75, 3.05) is 20.3 Å². The molecule has 3 aromatic rings. The van der Waals surface area contributed by atoms with Crippen molar-refractivity contribution in [1.82, 2.24) is 15.3 Å². The Labute approximate surface area is 193 Å². The van der Waals surface area contributed by atoms with Crippen LogP contribution in [-0.2, 0) is 17.8 Å². The van der Waals surface area contributed by atoms with E-state index >= 15 is 0 Å². The lowest BCUT2D eigenvalue weighted by atomic mass is 9.98. The third kappa shape index (κ3) is 6.08. The molecule has 0 radical (unpaired) electrons. The summed E-state index contributed by atoms with van der Waals surface area (Å²) in [6.45, 7) is 2.09. The number of benzene rings is 2. The molecule has 0 aliphatic heterocycles. The lowest BCUT2D eigenvalue weighted by molar-refractivity contribution is -0.137. The minimum atomic E-state index is -0.736. The number of hydrogen-bond acceptors (Lipinski definition) is 6. The van der Waals surface area contributed by atoms with Gasteiger partial charge in [-0.2, -0.15) is 0 Å². The minimum absolute atomic E-state index is 0.128. The van der Waals surface area contributed by atoms with E-state index in [9.17, 15) is 4.79 Å². The van der Waals surface area contributed by atoms with Gasteiger partial charge in [-0.15, -0.1) is 0 Å². The van der Waals surface area contributed by atoms with Gasteiger partial charge in [0.1, 0.15) is 11.5 Å². The van der Waals surface area contributed by atoms with Gasteiger partial charge in [0.25, 0.3) is 0 Å². The molecule has 1 aromatic heterocycles. The van der Waals surface area contributed by atoms with E-state index in [0.717, 1.165) is 54.1 Å². The number of aryl methyl sites for hydroxylation is 1. The Morgan fingerprint density at radius 3 is 2.76 bits per heavy atom. The Morgan fingerprint density at radius 1 is 1.15 bits per heavy atom. The summed E-state index contributed by atoms with van der Waals surface area (Å²) >= 11 is 0. The summed E-state index contributed by atoms with van der Waals surface area (Å²) < 4.78 is 11.1. The number of nitrogens with zero attached hydrogens (tertiary/aromatic N) is 2. The number of carbonyl (C=O) groups is 1. The van der Waals surface area contributed by atoms with Crippen LogP contribution >= 0.6 is 0 Å².